The summed E-state index contributed by atoms with van der Waals surface area (Å²) in [5.74, 6) is 0.358. The Kier molecular flexibility index (Phi) is 5.64. The van der Waals surface area contributed by atoms with Crippen LogP contribution in [0.15, 0.2) is 33.7 Å². The van der Waals surface area contributed by atoms with Crippen LogP contribution in [0.3, 0.4) is 0 Å². The highest BCUT2D eigenvalue weighted by molar-refractivity contribution is 7.89. The van der Waals surface area contributed by atoms with Crippen LogP contribution in [0, 0.1) is 0 Å². The van der Waals surface area contributed by atoms with Crippen LogP contribution in [0.2, 0.25) is 0 Å². The first-order valence-corrected chi connectivity index (χ1v) is 9.76. The first-order valence-electron chi connectivity index (χ1n) is 8.27. The van der Waals surface area contributed by atoms with E-state index in [1.807, 2.05) is 6.92 Å². The summed E-state index contributed by atoms with van der Waals surface area (Å²) in [7, 11) is -3.82. The molecular weight excluding hydrogens is 360 g/mol. The van der Waals surface area contributed by atoms with Crippen LogP contribution < -0.4 is 10.0 Å². The van der Waals surface area contributed by atoms with E-state index in [-0.39, 0.29) is 34.8 Å². The number of amides is 1. The van der Waals surface area contributed by atoms with Crippen LogP contribution in [-0.4, -0.2) is 43.7 Å². The lowest BCUT2D eigenvalue weighted by atomic mass is 10.2. The molecule has 1 aromatic carbocycles. The van der Waals surface area contributed by atoms with Crippen LogP contribution in [-0.2, 0) is 27.7 Å². The van der Waals surface area contributed by atoms with E-state index >= 15 is 0 Å². The molecule has 1 aliphatic heterocycles. The van der Waals surface area contributed by atoms with Crippen LogP contribution in [0.1, 0.15) is 35.4 Å². The molecule has 140 valence electrons. The van der Waals surface area contributed by atoms with Crippen LogP contribution in [0.25, 0.3) is 0 Å². The number of carbonyl (C=O) groups is 1. The van der Waals surface area contributed by atoms with E-state index in [1.165, 1.54) is 18.2 Å². The summed E-state index contributed by atoms with van der Waals surface area (Å²) in [6.07, 6.45) is 1.34. The molecule has 0 radical (unpaired) electrons. The van der Waals surface area contributed by atoms with Crippen molar-refractivity contribution in [1.29, 1.82) is 0 Å². The van der Waals surface area contributed by atoms with Crippen molar-refractivity contribution in [2.24, 2.45) is 0 Å². The lowest BCUT2D eigenvalue weighted by Gasteiger charge is -2.11. The van der Waals surface area contributed by atoms with E-state index in [4.69, 9.17) is 9.26 Å². The molecule has 0 saturated carbocycles. The molecule has 1 fully saturated rings. The first kappa shape index (κ1) is 18.5. The van der Waals surface area contributed by atoms with Crippen molar-refractivity contribution in [1.82, 2.24) is 20.2 Å². The molecule has 0 aliphatic carbocycles. The fourth-order valence-corrected chi connectivity index (χ4v) is 3.49. The highest BCUT2D eigenvalue weighted by Crippen LogP contribution is 2.13. The molecule has 1 unspecified atom stereocenters. The Morgan fingerprint density at radius 3 is 2.92 bits per heavy atom. The zero-order chi connectivity index (χ0) is 18.6. The number of aromatic nitrogens is 2. The van der Waals surface area contributed by atoms with Crippen molar-refractivity contribution in [3.8, 4) is 0 Å². The minimum atomic E-state index is -3.82. The van der Waals surface area contributed by atoms with Gasteiger partial charge in [0.1, 0.15) is 0 Å². The van der Waals surface area contributed by atoms with Gasteiger partial charge >= 0.3 is 0 Å². The zero-order valence-corrected chi connectivity index (χ0v) is 15.1. The smallest absolute Gasteiger partial charge is 0.251 e. The van der Waals surface area contributed by atoms with E-state index in [2.05, 4.69) is 20.2 Å². The maximum absolute atomic E-state index is 12.4. The number of carbonyl (C=O) groups excluding carboxylic acids is 1. The number of nitrogens with one attached hydrogen (secondary N) is 2. The van der Waals surface area contributed by atoms with Crippen molar-refractivity contribution in [3.63, 3.8) is 0 Å². The molecular formula is C16H20N4O5S. The molecule has 2 aromatic rings. The van der Waals surface area contributed by atoms with Crippen LogP contribution >= 0.6 is 0 Å². The average molecular weight is 380 g/mol. The first-order chi connectivity index (χ1) is 12.5. The second kappa shape index (κ2) is 7.94. The van der Waals surface area contributed by atoms with Crippen molar-refractivity contribution in [2.75, 3.05) is 13.2 Å². The maximum Gasteiger partial charge on any atom is 0.251 e. The highest BCUT2D eigenvalue weighted by Gasteiger charge is 2.21. The topological polar surface area (TPSA) is 123 Å². The molecule has 2 heterocycles. The molecule has 10 heteroatoms. The number of ether oxygens (including phenoxy) is 1. The number of hydrogen-bond acceptors (Lipinski definition) is 7. The van der Waals surface area contributed by atoms with Gasteiger partial charge in [-0.15, -0.1) is 0 Å². The molecule has 1 amide bonds. The molecule has 1 aromatic heterocycles. The van der Waals surface area contributed by atoms with E-state index in [0.717, 1.165) is 6.42 Å². The lowest BCUT2D eigenvalue weighted by Crippen LogP contribution is -2.35. The fraction of sp³-hybridized carbons (Fsp3) is 0.438. The summed E-state index contributed by atoms with van der Waals surface area (Å²) in [6, 6.07) is 5.79. The third-order valence-electron chi connectivity index (χ3n) is 3.91. The zero-order valence-electron chi connectivity index (χ0n) is 14.3. The van der Waals surface area contributed by atoms with Gasteiger partial charge in [0, 0.05) is 18.6 Å². The second-order valence-corrected chi connectivity index (χ2v) is 7.61. The predicted octanol–water partition coefficient (Wildman–Crippen LogP) is 0.629. The van der Waals surface area contributed by atoms with Crippen LogP contribution in [0.5, 0.6) is 0 Å². The Balaban J connectivity index is 1.67. The average Bonchev–Trinajstić information content (AvgIpc) is 3.31. The number of sulfonamides is 1. The molecule has 1 aliphatic rings. The molecule has 1 atom stereocenters. The number of benzene rings is 1. The summed E-state index contributed by atoms with van der Waals surface area (Å²) in [4.78, 5) is 16.3. The predicted molar refractivity (Wildman–Crippen MR) is 90.8 cm³/mol. The van der Waals surface area contributed by atoms with E-state index < -0.39 is 10.0 Å². The minimum absolute atomic E-state index is 0.0111. The Bertz CT molecular complexity index is 874. The molecule has 3 rings (SSSR count). The highest BCUT2D eigenvalue weighted by atomic mass is 32.2. The maximum atomic E-state index is 12.4. The SMILES string of the molecule is CCc1noc(CNS(=O)(=O)c2cccc(C(=O)NC3CCOC3)c2)n1. The third kappa shape index (κ3) is 4.45. The molecule has 0 bridgehead atoms. The third-order valence-corrected chi connectivity index (χ3v) is 5.31. The van der Waals surface area contributed by atoms with E-state index in [1.54, 1.807) is 6.07 Å². The van der Waals surface area contributed by atoms with Crippen LogP contribution in [0.4, 0.5) is 0 Å². The summed E-state index contributed by atoms with van der Waals surface area (Å²) in [5.41, 5.74) is 0.269. The summed E-state index contributed by atoms with van der Waals surface area (Å²) in [5, 5.41) is 6.54. The van der Waals surface area contributed by atoms with Gasteiger partial charge in [-0.3, -0.25) is 4.79 Å². The number of aryl methyl sites for hydroxylation is 1. The van der Waals surface area contributed by atoms with Gasteiger partial charge in [0.15, 0.2) is 5.82 Å². The normalized spacial score (nSPS) is 17.3. The molecule has 0 spiro atoms. The van der Waals surface area contributed by atoms with Gasteiger partial charge in [0.2, 0.25) is 15.9 Å². The summed E-state index contributed by atoms with van der Waals surface area (Å²) < 4.78 is 37.5. The Morgan fingerprint density at radius 2 is 2.23 bits per heavy atom. The van der Waals surface area contributed by atoms with Gasteiger partial charge in [0.05, 0.1) is 24.1 Å². The van der Waals surface area contributed by atoms with Gasteiger partial charge < -0.3 is 14.6 Å². The monoisotopic (exact) mass is 380 g/mol. The van der Waals surface area contributed by atoms with Crippen molar-refractivity contribution >= 4 is 15.9 Å². The van der Waals surface area contributed by atoms with Crippen molar-refractivity contribution in [3.05, 3.63) is 41.5 Å². The van der Waals surface area contributed by atoms with Gasteiger partial charge in [-0.2, -0.15) is 4.98 Å². The molecule has 1 saturated heterocycles. The largest absolute Gasteiger partial charge is 0.379 e. The van der Waals surface area contributed by atoms with Gasteiger partial charge in [-0.25, -0.2) is 13.1 Å². The molecule has 26 heavy (non-hydrogen) atoms. The summed E-state index contributed by atoms with van der Waals surface area (Å²) in [6.45, 7) is 2.83. The number of nitrogens with zero attached hydrogens (tertiary/aromatic N) is 2. The number of rotatable bonds is 7. The standard InChI is InChI=1S/C16H20N4O5S/c1-2-14-19-15(25-20-14)9-17-26(22,23)13-5-3-4-11(8-13)16(21)18-12-6-7-24-10-12/h3-5,8,12,17H,2,6-7,9-10H2,1H3,(H,18,21). The molecule has 2 N–H and O–H groups in total. The molecule has 9 nitrogen and oxygen atoms in total. The minimum Gasteiger partial charge on any atom is -0.379 e. The Morgan fingerprint density at radius 1 is 1.38 bits per heavy atom. The van der Waals surface area contributed by atoms with Crippen molar-refractivity contribution in [2.45, 2.75) is 37.2 Å². The lowest BCUT2D eigenvalue weighted by molar-refractivity contribution is 0.0929. The van der Waals surface area contributed by atoms with Gasteiger partial charge in [0.25, 0.3) is 5.91 Å². The number of hydrogen-bond donors (Lipinski definition) is 2. The quantitative estimate of drug-likeness (QED) is 0.722. The Hall–Kier alpha value is -2.30. The van der Waals surface area contributed by atoms with Crippen molar-refractivity contribution < 1.29 is 22.5 Å². The summed E-state index contributed by atoms with van der Waals surface area (Å²) >= 11 is 0. The van der Waals surface area contributed by atoms with E-state index in [0.29, 0.717) is 25.5 Å². The van der Waals surface area contributed by atoms with E-state index in [9.17, 15) is 13.2 Å². The Labute approximate surface area is 151 Å². The van der Waals surface area contributed by atoms with Gasteiger partial charge in [-0.1, -0.05) is 18.1 Å². The fourth-order valence-electron chi connectivity index (χ4n) is 2.47. The second-order valence-electron chi connectivity index (χ2n) is 5.84. The van der Waals surface area contributed by atoms with Gasteiger partial charge in [-0.05, 0) is 24.6 Å².